The zero-order valence-electron chi connectivity index (χ0n) is 15.7. The predicted molar refractivity (Wildman–Crippen MR) is 104 cm³/mol. The van der Waals surface area contributed by atoms with Gasteiger partial charge in [-0.15, -0.1) is 0 Å². The van der Waals surface area contributed by atoms with Crippen LogP contribution < -0.4 is 4.74 Å². The van der Waals surface area contributed by atoms with Crippen molar-refractivity contribution in [3.05, 3.63) is 52.0 Å². The number of hydrogen-bond acceptors (Lipinski definition) is 2. The first kappa shape index (κ1) is 21.1. The maximum Gasteiger partial charge on any atom is 0.417 e. The zero-order chi connectivity index (χ0) is 20.2. The summed E-state index contributed by atoms with van der Waals surface area (Å²) in [7, 11) is 1.95. The summed E-state index contributed by atoms with van der Waals surface area (Å²) in [4.78, 5) is 6.46. The van der Waals surface area contributed by atoms with Gasteiger partial charge in [-0.1, -0.05) is 18.5 Å². The summed E-state index contributed by atoms with van der Waals surface area (Å²) in [5, 5.41) is -0.358. The maximum absolute atomic E-state index is 13.0. The van der Waals surface area contributed by atoms with Crippen LogP contribution in [0.25, 0.3) is 0 Å². The van der Waals surface area contributed by atoms with E-state index in [1.165, 1.54) is 12.1 Å². The van der Waals surface area contributed by atoms with E-state index in [0.29, 0.717) is 5.75 Å². The number of rotatable bonds is 6. The highest BCUT2D eigenvalue weighted by molar-refractivity contribution is 6.31. The van der Waals surface area contributed by atoms with Crippen LogP contribution in [0, 0.1) is 13.8 Å². The predicted octanol–water partition coefficient (Wildman–Crippen LogP) is 6.77. The van der Waals surface area contributed by atoms with Crippen LogP contribution in [-0.4, -0.2) is 24.8 Å². The lowest BCUT2D eigenvalue weighted by Gasteiger charge is -2.15. The molecule has 0 spiro atoms. The van der Waals surface area contributed by atoms with Crippen molar-refractivity contribution in [2.24, 2.45) is 4.99 Å². The number of aliphatic imine (C=N–C) groups is 1. The van der Waals surface area contributed by atoms with Gasteiger partial charge < -0.3 is 9.64 Å². The summed E-state index contributed by atoms with van der Waals surface area (Å²) in [6, 6.07) is 7.12. The Kier molecular flexibility index (Phi) is 6.76. The molecule has 27 heavy (non-hydrogen) atoms. The van der Waals surface area contributed by atoms with Crippen LogP contribution in [-0.2, 0) is 6.18 Å². The molecule has 0 unspecified atom stereocenters. The molecule has 0 aliphatic carbocycles. The van der Waals surface area contributed by atoms with Gasteiger partial charge in [0.05, 0.1) is 22.6 Å². The average Bonchev–Trinajstić information content (AvgIpc) is 2.57. The molecule has 0 bridgehead atoms. The highest BCUT2D eigenvalue weighted by Gasteiger charge is 2.33. The number of halogens is 4. The second-order valence-electron chi connectivity index (χ2n) is 6.37. The Morgan fingerprint density at radius 3 is 2.48 bits per heavy atom. The zero-order valence-corrected chi connectivity index (χ0v) is 16.4. The van der Waals surface area contributed by atoms with Gasteiger partial charge in [0.25, 0.3) is 0 Å². The van der Waals surface area contributed by atoms with E-state index in [4.69, 9.17) is 16.3 Å². The molecule has 0 atom stereocenters. The molecule has 0 fully saturated rings. The van der Waals surface area contributed by atoms with Crippen LogP contribution >= 0.6 is 11.6 Å². The summed E-state index contributed by atoms with van der Waals surface area (Å²) in [6.45, 7) is 6.69. The molecule has 3 nitrogen and oxygen atoms in total. The van der Waals surface area contributed by atoms with Gasteiger partial charge in [0.1, 0.15) is 11.5 Å². The number of benzene rings is 2. The van der Waals surface area contributed by atoms with Crippen LogP contribution in [0.4, 0.5) is 18.9 Å². The monoisotopic (exact) mass is 398 g/mol. The van der Waals surface area contributed by atoms with Gasteiger partial charge in [0.15, 0.2) is 0 Å². The van der Waals surface area contributed by atoms with Gasteiger partial charge in [-0.05, 0) is 61.7 Å². The third kappa shape index (κ3) is 5.63. The Bertz CT molecular complexity index is 835. The first-order chi connectivity index (χ1) is 12.6. The van der Waals surface area contributed by atoms with Crippen LogP contribution in [0.5, 0.6) is 11.5 Å². The summed E-state index contributed by atoms with van der Waals surface area (Å²) in [5.74, 6) is 0.553. The Hall–Kier alpha value is -2.21. The van der Waals surface area contributed by atoms with Crippen molar-refractivity contribution in [2.75, 3.05) is 13.6 Å². The molecule has 0 radical (unpaired) electrons. The maximum atomic E-state index is 13.0. The van der Waals surface area contributed by atoms with E-state index in [-0.39, 0.29) is 10.8 Å². The third-order valence-corrected chi connectivity index (χ3v) is 4.26. The average molecular weight is 399 g/mol. The standard InChI is InChI=1S/C20H22ClF3N2O/c1-5-8-26(4)12-25-18-9-14(3)19(10-13(18)2)27-15-6-7-17(21)16(11-15)20(22,23)24/h6-7,9-12H,5,8H2,1-4H3. The molecule has 0 aromatic heterocycles. The molecular formula is C20H22ClF3N2O. The van der Waals surface area contributed by atoms with Gasteiger partial charge in [0.2, 0.25) is 0 Å². The SMILES string of the molecule is CCCN(C)C=Nc1cc(C)c(Oc2ccc(Cl)c(C(F)(F)F)c2)cc1C. The lowest BCUT2D eigenvalue weighted by molar-refractivity contribution is -0.137. The van der Waals surface area contributed by atoms with Crippen LogP contribution in [0.15, 0.2) is 35.3 Å². The van der Waals surface area contributed by atoms with Crippen molar-refractivity contribution < 1.29 is 17.9 Å². The Morgan fingerprint density at radius 2 is 1.85 bits per heavy atom. The Labute approximate surface area is 162 Å². The lowest BCUT2D eigenvalue weighted by atomic mass is 10.1. The molecule has 0 saturated heterocycles. The van der Waals surface area contributed by atoms with Gasteiger partial charge in [-0.25, -0.2) is 4.99 Å². The van der Waals surface area contributed by atoms with Crippen molar-refractivity contribution in [3.8, 4) is 11.5 Å². The second kappa shape index (κ2) is 8.65. The molecule has 0 heterocycles. The van der Waals surface area contributed by atoms with Crippen molar-refractivity contribution in [1.29, 1.82) is 0 Å². The number of hydrogen-bond donors (Lipinski definition) is 0. The highest BCUT2D eigenvalue weighted by Crippen LogP contribution is 2.38. The van der Waals surface area contributed by atoms with E-state index in [1.807, 2.05) is 31.9 Å². The molecular weight excluding hydrogens is 377 g/mol. The summed E-state index contributed by atoms with van der Waals surface area (Å²) in [6.07, 6.45) is -1.75. The molecule has 0 aliphatic rings. The minimum absolute atomic E-state index is 0.0770. The second-order valence-corrected chi connectivity index (χ2v) is 6.78. The minimum atomic E-state index is -4.54. The first-order valence-electron chi connectivity index (χ1n) is 8.52. The van der Waals surface area contributed by atoms with Gasteiger partial charge in [-0.3, -0.25) is 0 Å². The molecule has 2 aromatic carbocycles. The van der Waals surface area contributed by atoms with Gasteiger partial charge in [0, 0.05) is 13.6 Å². The Morgan fingerprint density at radius 1 is 1.15 bits per heavy atom. The van der Waals surface area contributed by atoms with E-state index < -0.39 is 11.7 Å². The fraction of sp³-hybridized carbons (Fsp3) is 0.350. The van der Waals surface area contributed by atoms with E-state index in [2.05, 4.69) is 11.9 Å². The fourth-order valence-electron chi connectivity index (χ4n) is 2.51. The van der Waals surface area contributed by atoms with E-state index in [1.54, 1.807) is 12.4 Å². The number of ether oxygens (including phenoxy) is 1. The molecule has 0 amide bonds. The summed E-state index contributed by atoms with van der Waals surface area (Å²) < 4.78 is 44.7. The normalized spacial score (nSPS) is 11.9. The van der Waals surface area contributed by atoms with Crippen molar-refractivity contribution >= 4 is 23.6 Å². The molecule has 0 saturated carbocycles. The molecule has 0 N–H and O–H groups in total. The summed E-state index contributed by atoms with van der Waals surface area (Å²) >= 11 is 5.65. The van der Waals surface area contributed by atoms with E-state index in [9.17, 15) is 13.2 Å². The van der Waals surface area contributed by atoms with Gasteiger partial charge in [-0.2, -0.15) is 13.2 Å². The molecule has 2 rings (SSSR count). The fourth-order valence-corrected chi connectivity index (χ4v) is 2.73. The smallest absolute Gasteiger partial charge is 0.417 e. The molecule has 0 aliphatic heterocycles. The number of alkyl halides is 3. The van der Waals surface area contributed by atoms with E-state index >= 15 is 0 Å². The van der Waals surface area contributed by atoms with Crippen LogP contribution in [0.2, 0.25) is 5.02 Å². The minimum Gasteiger partial charge on any atom is -0.457 e. The van der Waals surface area contributed by atoms with Crippen molar-refractivity contribution in [3.63, 3.8) is 0 Å². The number of nitrogens with zero attached hydrogens (tertiary/aromatic N) is 2. The first-order valence-corrected chi connectivity index (χ1v) is 8.90. The van der Waals surface area contributed by atoms with Crippen LogP contribution in [0.3, 0.4) is 0 Å². The lowest BCUT2D eigenvalue weighted by Crippen LogP contribution is -2.16. The topological polar surface area (TPSA) is 24.8 Å². The summed E-state index contributed by atoms with van der Waals surface area (Å²) in [5.41, 5.74) is 1.50. The highest BCUT2D eigenvalue weighted by atomic mass is 35.5. The van der Waals surface area contributed by atoms with Crippen LogP contribution in [0.1, 0.15) is 30.0 Å². The molecule has 7 heteroatoms. The van der Waals surface area contributed by atoms with Crippen molar-refractivity contribution in [1.82, 2.24) is 4.90 Å². The third-order valence-electron chi connectivity index (χ3n) is 3.93. The number of aryl methyl sites for hydroxylation is 2. The quantitative estimate of drug-likeness (QED) is 0.396. The largest absolute Gasteiger partial charge is 0.457 e. The molecule has 2 aromatic rings. The van der Waals surface area contributed by atoms with Crippen molar-refractivity contribution in [2.45, 2.75) is 33.4 Å². The van der Waals surface area contributed by atoms with E-state index in [0.717, 1.165) is 35.8 Å². The molecule has 146 valence electrons. The van der Waals surface area contributed by atoms with Gasteiger partial charge >= 0.3 is 6.18 Å². The Balaban J connectivity index is 2.27.